The van der Waals surface area contributed by atoms with E-state index in [9.17, 15) is 4.39 Å². The van der Waals surface area contributed by atoms with E-state index in [1.54, 1.807) is 23.9 Å². The first-order valence-corrected chi connectivity index (χ1v) is 7.36. The Morgan fingerprint density at radius 3 is 2.70 bits per heavy atom. The summed E-state index contributed by atoms with van der Waals surface area (Å²) in [7, 11) is 0. The fraction of sp³-hybridized carbons (Fsp3) is 0.200. The van der Waals surface area contributed by atoms with Gasteiger partial charge < -0.3 is 4.74 Å². The molecular weight excluding hydrogens is 275 g/mol. The number of hydrogen-bond acceptors (Lipinski definition) is 4. The molecule has 0 saturated heterocycles. The number of para-hydroxylation sites is 1. The molecule has 3 nitrogen and oxygen atoms in total. The Kier molecular flexibility index (Phi) is 3.91. The van der Waals surface area contributed by atoms with E-state index in [2.05, 4.69) is 5.43 Å². The van der Waals surface area contributed by atoms with E-state index in [0.717, 1.165) is 22.0 Å². The van der Waals surface area contributed by atoms with Crippen molar-refractivity contribution in [1.82, 2.24) is 5.43 Å². The number of nitrogens with one attached hydrogen (secondary N) is 1. The van der Waals surface area contributed by atoms with Crippen molar-refractivity contribution in [2.75, 3.05) is 5.75 Å². The van der Waals surface area contributed by atoms with Gasteiger partial charge in [-0.15, -0.1) is 11.8 Å². The number of hydrogen-bond donors (Lipinski definition) is 2. The minimum Gasteiger partial charge on any atom is -0.486 e. The molecule has 1 aliphatic heterocycles. The number of fused-ring (bicyclic) bond motifs is 1. The molecule has 0 spiro atoms. The van der Waals surface area contributed by atoms with Gasteiger partial charge in [0.25, 0.3) is 0 Å². The minimum absolute atomic E-state index is 0.0923. The molecule has 5 heteroatoms. The van der Waals surface area contributed by atoms with Gasteiger partial charge in [0.05, 0.1) is 6.04 Å². The van der Waals surface area contributed by atoms with Crippen molar-refractivity contribution in [2.24, 2.45) is 5.84 Å². The predicted octanol–water partition coefficient (Wildman–Crippen LogP) is 2.88. The van der Waals surface area contributed by atoms with Crippen LogP contribution in [0.1, 0.15) is 11.6 Å². The molecule has 0 aliphatic carbocycles. The fourth-order valence-corrected chi connectivity index (χ4v) is 3.33. The third-order valence-corrected chi connectivity index (χ3v) is 4.45. The summed E-state index contributed by atoms with van der Waals surface area (Å²) in [5.41, 5.74) is 3.69. The number of hydrazine groups is 1. The van der Waals surface area contributed by atoms with Crippen molar-refractivity contribution in [1.29, 1.82) is 0 Å². The van der Waals surface area contributed by atoms with Gasteiger partial charge in [-0.3, -0.25) is 5.84 Å². The van der Waals surface area contributed by atoms with Crippen LogP contribution in [0, 0.1) is 5.82 Å². The van der Waals surface area contributed by atoms with Gasteiger partial charge in [-0.25, -0.2) is 9.82 Å². The van der Waals surface area contributed by atoms with Crippen LogP contribution in [0.2, 0.25) is 0 Å². The second-order valence-corrected chi connectivity index (χ2v) is 5.67. The van der Waals surface area contributed by atoms with Crippen LogP contribution in [0.15, 0.2) is 53.4 Å². The first-order valence-electron chi connectivity index (χ1n) is 6.38. The average molecular weight is 290 g/mol. The highest BCUT2D eigenvalue weighted by atomic mass is 32.2. The molecule has 3 rings (SSSR count). The van der Waals surface area contributed by atoms with E-state index in [1.165, 1.54) is 12.1 Å². The van der Waals surface area contributed by atoms with Gasteiger partial charge in [-0.05, 0) is 29.8 Å². The third-order valence-electron chi connectivity index (χ3n) is 3.31. The summed E-state index contributed by atoms with van der Waals surface area (Å²) in [5, 5.41) is 0. The molecule has 104 valence electrons. The zero-order valence-electron chi connectivity index (χ0n) is 10.8. The lowest BCUT2D eigenvalue weighted by molar-refractivity contribution is 0.167. The highest BCUT2D eigenvalue weighted by molar-refractivity contribution is 7.99. The van der Waals surface area contributed by atoms with Crippen molar-refractivity contribution in [2.45, 2.75) is 17.0 Å². The van der Waals surface area contributed by atoms with E-state index in [0.29, 0.717) is 0 Å². The van der Waals surface area contributed by atoms with Crippen LogP contribution < -0.4 is 16.0 Å². The SMILES string of the molecule is NNC(c1ccc(F)cc1)C1CSc2ccccc2O1. The number of ether oxygens (including phenoxy) is 1. The van der Waals surface area contributed by atoms with Crippen molar-refractivity contribution in [3.05, 3.63) is 59.9 Å². The number of thioether (sulfide) groups is 1. The Balaban J connectivity index is 1.83. The molecule has 2 atom stereocenters. The van der Waals surface area contributed by atoms with Gasteiger partial charge in [0.2, 0.25) is 0 Å². The second kappa shape index (κ2) is 5.83. The number of halogens is 1. The fourth-order valence-electron chi connectivity index (χ4n) is 2.29. The summed E-state index contributed by atoms with van der Waals surface area (Å²) in [5.74, 6) is 7.07. The molecule has 20 heavy (non-hydrogen) atoms. The van der Waals surface area contributed by atoms with Crippen LogP contribution in [0.4, 0.5) is 4.39 Å². The molecule has 1 heterocycles. The number of benzene rings is 2. The van der Waals surface area contributed by atoms with Gasteiger partial charge in [0, 0.05) is 10.6 Å². The molecular formula is C15H15FN2OS. The first-order chi connectivity index (χ1) is 9.78. The smallest absolute Gasteiger partial charge is 0.133 e. The number of nitrogens with two attached hydrogens (primary N) is 1. The van der Waals surface area contributed by atoms with Crippen molar-refractivity contribution in [3.8, 4) is 5.75 Å². The average Bonchev–Trinajstić information content (AvgIpc) is 2.50. The monoisotopic (exact) mass is 290 g/mol. The highest BCUT2D eigenvalue weighted by Crippen LogP contribution is 2.38. The van der Waals surface area contributed by atoms with Crippen molar-refractivity contribution < 1.29 is 9.13 Å². The number of rotatable bonds is 3. The third kappa shape index (κ3) is 2.65. The minimum atomic E-state index is -0.256. The lowest BCUT2D eigenvalue weighted by Crippen LogP contribution is -2.42. The first kappa shape index (κ1) is 13.4. The maximum absolute atomic E-state index is 13.0. The molecule has 0 fully saturated rings. The molecule has 0 saturated carbocycles. The Labute approximate surface area is 121 Å². The highest BCUT2D eigenvalue weighted by Gasteiger charge is 2.28. The van der Waals surface area contributed by atoms with Gasteiger partial charge >= 0.3 is 0 Å². The molecule has 2 aromatic carbocycles. The van der Waals surface area contributed by atoms with E-state index in [1.807, 2.05) is 24.3 Å². The standard InChI is InChI=1S/C15H15FN2OS/c16-11-7-5-10(6-8-11)15(18-17)13-9-20-14-4-2-1-3-12(14)19-13/h1-8,13,15,18H,9,17H2. The van der Waals surface area contributed by atoms with Crippen LogP contribution in [0.25, 0.3) is 0 Å². The Morgan fingerprint density at radius 2 is 1.95 bits per heavy atom. The second-order valence-electron chi connectivity index (χ2n) is 4.61. The maximum atomic E-state index is 13.0. The van der Waals surface area contributed by atoms with Crippen LogP contribution in [0.5, 0.6) is 5.75 Å². The summed E-state index contributed by atoms with van der Waals surface area (Å²) < 4.78 is 19.0. The van der Waals surface area contributed by atoms with Gasteiger partial charge in [-0.2, -0.15) is 0 Å². The van der Waals surface area contributed by atoms with Gasteiger partial charge in [-0.1, -0.05) is 24.3 Å². The van der Waals surface area contributed by atoms with Crippen molar-refractivity contribution in [3.63, 3.8) is 0 Å². The molecule has 0 bridgehead atoms. The lowest BCUT2D eigenvalue weighted by atomic mass is 10.0. The van der Waals surface area contributed by atoms with Gasteiger partial charge in [0.1, 0.15) is 17.7 Å². The molecule has 1 aliphatic rings. The molecule has 0 aromatic heterocycles. The molecule has 0 amide bonds. The van der Waals surface area contributed by atoms with Gasteiger partial charge in [0.15, 0.2) is 0 Å². The summed E-state index contributed by atoms with van der Waals surface area (Å²) in [6, 6.07) is 14.1. The van der Waals surface area contributed by atoms with E-state index >= 15 is 0 Å². The summed E-state index contributed by atoms with van der Waals surface area (Å²) in [4.78, 5) is 1.14. The van der Waals surface area contributed by atoms with Crippen LogP contribution in [-0.2, 0) is 0 Å². The van der Waals surface area contributed by atoms with Crippen LogP contribution >= 0.6 is 11.8 Å². The Morgan fingerprint density at radius 1 is 1.20 bits per heavy atom. The van der Waals surface area contributed by atoms with E-state index in [-0.39, 0.29) is 18.0 Å². The maximum Gasteiger partial charge on any atom is 0.133 e. The zero-order valence-corrected chi connectivity index (χ0v) is 11.6. The topological polar surface area (TPSA) is 47.3 Å². The lowest BCUT2D eigenvalue weighted by Gasteiger charge is -2.31. The van der Waals surface area contributed by atoms with E-state index in [4.69, 9.17) is 10.6 Å². The molecule has 0 radical (unpaired) electrons. The normalized spacial score (nSPS) is 19.0. The Hall–Kier alpha value is -1.56. The Bertz CT molecular complexity index is 591. The predicted molar refractivity (Wildman–Crippen MR) is 78.0 cm³/mol. The summed E-state index contributed by atoms with van der Waals surface area (Å²) >= 11 is 1.74. The largest absolute Gasteiger partial charge is 0.486 e. The van der Waals surface area contributed by atoms with Crippen LogP contribution in [0.3, 0.4) is 0 Å². The molecule has 2 aromatic rings. The molecule has 2 unspecified atom stereocenters. The van der Waals surface area contributed by atoms with Crippen LogP contribution in [-0.4, -0.2) is 11.9 Å². The zero-order chi connectivity index (χ0) is 13.9. The molecule has 3 N–H and O–H groups in total. The quantitative estimate of drug-likeness (QED) is 0.674. The van der Waals surface area contributed by atoms with E-state index < -0.39 is 0 Å². The van der Waals surface area contributed by atoms with Crippen molar-refractivity contribution >= 4 is 11.8 Å². The summed E-state index contributed by atoms with van der Waals surface area (Å²) in [6.07, 6.45) is -0.0923. The summed E-state index contributed by atoms with van der Waals surface area (Å²) in [6.45, 7) is 0.